The Balaban J connectivity index is 1.14. The van der Waals surface area contributed by atoms with Crippen LogP contribution >= 0.6 is 0 Å². The van der Waals surface area contributed by atoms with Crippen molar-refractivity contribution >= 4 is 64.6 Å². The van der Waals surface area contributed by atoms with E-state index in [2.05, 4.69) is 97.1 Å². The molecule has 11 aromatic rings. The van der Waals surface area contributed by atoms with E-state index in [1.54, 1.807) is 0 Å². The molecule has 11 rings (SSSR count). The Kier molecular flexibility index (Phi) is 5.36. The molecule has 0 saturated heterocycles. The molecule has 0 heterocycles. The average Bonchev–Trinajstić information content (AvgIpc) is 3.32. The summed E-state index contributed by atoms with van der Waals surface area (Å²) in [7, 11) is 0. The SMILES string of the molecule is [2H]c1c([2H])c([2H])c2c(-c3ccc(-c4ccc5c6ccccc6c6ccccc6c5c4)cc3)c3c([2H])c([2H])c([2H])c([2H])c3c(-c3ccc(-c4ccc5ccccc5c4)cc3)c2c1[2H]. The lowest BCUT2D eigenvalue weighted by atomic mass is 9.85. The van der Waals surface area contributed by atoms with Crippen LogP contribution in [0.2, 0.25) is 0 Å². The van der Waals surface area contributed by atoms with E-state index in [0.29, 0.717) is 22.3 Å². The zero-order valence-corrected chi connectivity index (χ0v) is 29.0. The minimum Gasteiger partial charge on any atom is -0.0616 e. The summed E-state index contributed by atoms with van der Waals surface area (Å²) >= 11 is 0. The molecule has 0 fully saturated rings. The molecule has 0 saturated carbocycles. The first-order chi connectivity index (χ1) is 30.1. The van der Waals surface area contributed by atoms with Crippen molar-refractivity contribution in [2.75, 3.05) is 0 Å². The summed E-state index contributed by atoms with van der Waals surface area (Å²) in [4.78, 5) is 0. The minimum atomic E-state index is -0.422. The van der Waals surface area contributed by atoms with Crippen molar-refractivity contribution in [2.45, 2.75) is 0 Å². The van der Waals surface area contributed by atoms with Gasteiger partial charge in [0, 0.05) is 0 Å². The highest BCUT2D eigenvalue weighted by Crippen LogP contribution is 2.44. The Bertz CT molecular complexity index is 3590. The maximum Gasteiger partial charge on any atom is 0.0629 e. The van der Waals surface area contributed by atoms with E-state index in [-0.39, 0.29) is 45.7 Å². The highest BCUT2D eigenvalue weighted by atomic mass is 14.2. The lowest BCUT2D eigenvalue weighted by Crippen LogP contribution is -1.91. The molecular weight excluding hydrogens is 649 g/mol. The van der Waals surface area contributed by atoms with Crippen LogP contribution in [-0.2, 0) is 0 Å². The van der Waals surface area contributed by atoms with Crippen LogP contribution in [0.25, 0.3) is 109 Å². The molecule has 0 N–H and O–H groups in total. The predicted octanol–water partition coefficient (Wildman–Crippen LogP) is 15.3. The smallest absolute Gasteiger partial charge is 0.0616 e. The van der Waals surface area contributed by atoms with Crippen molar-refractivity contribution in [3.63, 3.8) is 0 Å². The van der Waals surface area contributed by atoms with Crippen LogP contribution in [0, 0.1) is 0 Å². The standard InChI is InChI=1S/C54H34/c1-2-12-40-33-41(30-25-35(40)11-1)36-21-26-38(27-22-36)53-48-17-7-9-19-50(48)54(51-20-10-8-18-49(51)53)39-28-23-37(24-29-39)42-31-32-47-45-15-4-3-13-43(45)44-14-5-6-16-46(44)52(47)34-42/h1-34H/i7D,8D,9D,10D,17D,18D,19D,20D. The van der Waals surface area contributed by atoms with Gasteiger partial charge in [0.25, 0.3) is 0 Å². The molecule has 0 aliphatic rings. The Hall–Kier alpha value is -7.02. The van der Waals surface area contributed by atoms with Gasteiger partial charge in [-0.3, -0.25) is 0 Å². The van der Waals surface area contributed by atoms with Gasteiger partial charge in [-0.1, -0.05) is 194 Å². The van der Waals surface area contributed by atoms with Crippen molar-refractivity contribution in [3.8, 4) is 44.5 Å². The van der Waals surface area contributed by atoms with Crippen LogP contribution in [0.4, 0.5) is 0 Å². The first-order valence-corrected chi connectivity index (χ1v) is 18.1. The number of hydrogen-bond acceptors (Lipinski definition) is 0. The summed E-state index contributed by atoms with van der Waals surface area (Å²) in [6.45, 7) is 0. The quantitative estimate of drug-likeness (QED) is 0.127. The predicted molar refractivity (Wildman–Crippen MR) is 233 cm³/mol. The van der Waals surface area contributed by atoms with Crippen LogP contribution in [0.3, 0.4) is 0 Å². The first-order valence-electron chi connectivity index (χ1n) is 22.1. The summed E-state index contributed by atoms with van der Waals surface area (Å²) in [6.07, 6.45) is 0. The van der Waals surface area contributed by atoms with Gasteiger partial charge in [0.05, 0.1) is 11.0 Å². The Morgan fingerprint density at radius 2 is 0.593 bits per heavy atom. The molecule has 11 aromatic carbocycles. The molecule has 0 aliphatic heterocycles. The van der Waals surface area contributed by atoms with E-state index in [9.17, 15) is 5.48 Å². The van der Waals surface area contributed by atoms with Crippen molar-refractivity contribution in [2.24, 2.45) is 0 Å². The molecule has 250 valence electrons. The van der Waals surface area contributed by atoms with Gasteiger partial charge in [-0.2, -0.15) is 0 Å². The van der Waals surface area contributed by atoms with Gasteiger partial charge in [0.2, 0.25) is 0 Å². The fourth-order valence-electron chi connectivity index (χ4n) is 8.32. The van der Waals surface area contributed by atoms with Crippen LogP contribution < -0.4 is 0 Å². The number of rotatable bonds is 4. The van der Waals surface area contributed by atoms with Crippen molar-refractivity contribution in [1.82, 2.24) is 0 Å². The average molecular weight is 691 g/mol. The van der Waals surface area contributed by atoms with Crippen LogP contribution in [0.5, 0.6) is 0 Å². The van der Waals surface area contributed by atoms with Crippen molar-refractivity contribution < 1.29 is 11.0 Å². The van der Waals surface area contributed by atoms with E-state index in [0.717, 1.165) is 49.2 Å². The number of fused-ring (bicyclic) bond motifs is 9. The normalized spacial score (nSPS) is 13.8. The molecule has 0 unspecified atom stereocenters. The van der Waals surface area contributed by atoms with E-state index in [1.807, 2.05) is 60.7 Å². The molecule has 0 spiro atoms. The Morgan fingerprint density at radius 3 is 1.09 bits per heavy atom. The highest BCUT2D eigenvalue weighted by molar-refractivity contribution is 6.26. The molecule has 0 heteroatoms. The van der Waals surface area contributed by atoms with Crippen LogP contribution in [-0.4, -0.2) is 0 Å². The maximum absolute atomic E-state index is 9.38. The van der Waals surface area contributed by atoms with E-state index in [4.69, 9.17) is 5.48 Å². The fourth-order valence-corrected chi connectivity index (χ4v) is 8.32. The molecule has 0 bridgehead atoms. The third-order valence-corrected chi connectivity index (χ3v) is 10.9. The molecule has 0 nitrogen and oxygen atoms in total. The van der Waals surface area contributed by atoms with E-state index < -0.39 is 24.2 Å². The van der Waals surface area contributed by atoms with E-state index in [1.165, 1.54) is 16.2 Å². The molecule has 0 amide bonds. The molecule has 54 heavy (non-hydrogen) atoms. The minimum absolute atomic E-state index is 0.193. The van der Waals surface area contributed by atoms with Gasteiger partial charge in [-0.25, -0.2) is 0 Å². The second-order valence-corrected chi connectivity index (χ2v) is 13.8. The Labute approximate surface area is 325 Å². The summed E-state index contributed by atoms with van der Waals surface area (Å²) in [6, 6.07) is 50.2. The zero-order chi connectivity index (χ0) is 42.6. The largest absolute Gasteiger partial charge is 0.0629 e. The van der Waals surface area contributed by atoms with Crippen molar-refractivity contribution in [1.29, 1.82) is 0 Å². The molecular formula is C54H34. The fraction of sp³-hybridized carbons (Fsp3) is 0. The highest BCUT2D eigenvalue weighted by Gasteiger charge is 2.17. The third kappa shape index (κ3) is 4.85. The molecule has 0 radical (unpaired) electrons. The topological polar surface area (TPSA) is 0 Å². The number of benzene rings is 11. The third-order valence-electron chi connectivity index (χ3n) is 10.9. The second kappa shape index (κ2) is 12.3. The van der Waals surface area contributed by atoms with Gasteiger partial charge >= 0.3 is 0 Å². The van der Waals surface area contributed by atoms with Gasteiger partial charge in [-0.05, 0) is 121 Å². The first kappa shape index (κ1) is 23.5. The summed E-state index contributed by atoms with van der Waals surface area (Å²) in [5.74, 6) is 0. The van der Waals surface area contributed by atoms with Gasteiger partial charge in [-0.15, -0.1) is 0 Å². The zero-order valence-electron chi connectivity index (χ0n) is 37.0. The monoisotopic (exact) mass is 690 g/mol. The lowest BCUT2D eigenvalue weighted by molar-refractivity contribution is 1.62. The van der Waals surface area contributed by atoms with Crippen LogP contribution in [0.15, 0.2) is 206 Å². The van der Waals surface area contributed by atoms with Gasteiger partial charge in [0.15, 0.2) is 0 Å². The maximum atomic E-state index is 9.38. The van der Waals surface area contributed by atoms with E-state index >= 15 is 0 Å². The summed E-state index contributed by atoms with van der Waals surface area (Å²) < 4.78 is 72.8. The molecule has 0 aromatic heterocycles. The number of hydrogen-bond donors (Lipinski definition) is 0. The summed E-state index contributed by atoms with van der Waals surface area (Å²) in [5, 5.41) is 10.0. The molecule has 0 aliphatic carbocycles. The van der Waals surface area contributed by atoms with Crippen LogP contribution in [0.1, 0.15) is 11.0 Å². The summed E-state index contributed by atoms with van der Waals surface area (Å²) in [5.41, 5.74) is 5.63. The van der Waals surface area contributed by atoms with Gasteiger partial charge in [0.1, 0.15) is 0 Å². The lowest BCUT2D eigenvalue weighted by Gasteiger charge is -2.18. The second-order valence-electron chi connectivity index (χ2n) is 13.8. The van der Waals surface area contributed by atoms with Crippen molar-refractivity contribution in [3.05, 3.63) is 206 Å². The van der Waals surface area contributed by atoms with Gasteiger partial charge < -0.3 is 0 Å². The Morgan fingerprint density at radius 1 is 0.241 bits per heavy atom. The molecule has 0 atom stereocenters.